The van der Waals surface area contributed by atoms with Gasteiger partial charge in [0.15, 0.2) is 0 Å². The summed E-state index contributed by atoms with van der Waals surface area (Å²) in [5.74, 6) is 0. The summed E-state index contributed by atoms with van der Waals surface area (Å²) in [4.78, 5) is 4.33. The summed E-state index contributed by atoms with van der Waals surface area (Å²) in [6, 6.07) is 17.1. The van der Waals surface area contributed by atoms with Crippen molar-refractivity contribution in [2.75, 3.05) is 51.1 Å². The fourth-order valence-corrected chi connectivity index (χ4v) is 2.98. The number of nitrogens with zero attached hydrogens (tertiary/aromatic N) is 2. The van der Waals surface area contributed by atoms with E-state index in [1.807, 2.05) is 0 Å². The molecule has 0 heterocycles. The van der Waals surface area contributed by atoms with Gasteiger partial charge in [0.25, 0.3) is 0 Å². The molecule has 136 valence electrons. The molecule has 4 nitrogen and oxygen atoms in total. The summed E-state index contributed by atoms with van der Waals surface area (Å²) >= 11 is 0. The number of hydrogen-bond donors (Lipinski definition) is 2. The van der Waals surface area contributed by atoms with Gasteiger partial charge in [-0.15, -0.1) is 0 Å². The fourth-order valence-electron chi connectivity index (χ4n) is 2.98. The lowest BCUT2D eigenvalue weighted by Gasteiger charge is -2.18. The predicted octanol–water partition coefficient (Wildman–Crippen LogP) is 3.09. The SMILES string of the molecule is CN(C)c1ccccc1CNCCCNCc1ccccc1N(C)C. The number of nitrogens with one attached hydrogen (secondary N) is 2. The minimum absolute atomic E-state index is 0.915. The van der Waals surface area contributed by atoms with Gasteiger partial charge in [0.1, 0.15) is 0 Å². The molecule has 2 N–H and O–H groups in total. The van der Waals surface area contributed by atoms with Crippen LogP contribution in [-0.2, 0) is 13.1 Å². The van der Waals surface area contributed by atoms with Crippen LogP contribution in [0.5, 0.6) is 0 Å². The fraction of sp³-hybridized carbons (Fsp3) is 0.429. The Morgan fingerprint density at radius 1 is 0.640 bits per heavy atom. The number of benzene rings is 2. The second kappa shape index (κ2) is 10.1. The molecule has 0 spiro atoms. The van der Waals surface area contributed by atoms with Crippen LogP contribution < -0.4 is 20.4 Å². The Hall–Kier alpha value is -2.04. The van der Waals surface area contributed by atoms with E-state index in [4.69, 9.17) is 0 Å². The molecule has 0 bridgehead atoms. The number of hydrogen-bond acceptors (Lipinski definition) is 4. The summed E-state index contributed by atoms with van der Waals surface area (Å²) in [5.41, 5.74) is 5.27. The number of anilines is 2. The van der Waals surface area contributed by atoms with Gasteiger partial charge in [-0.2, -0.15) is 0 Å². The largest absolute Gasteiger partial charge is 0.377 e. The van der Waals surface area contributed by atoms with E-state index in [1.54, 1.807) is 0 Å². The second-order valence-corrected chi connectivity index (χ2v) is 6.75. The van der Waals surface area contributed by atoms with E-state index < -0.39 is 0 Å². The van der Waals surface area contributed by atoms with Crippen molar-refractivity contribution in [2.45, 2.75) is 19.5 Å². The smallest absolute Gasteiger partial charge is 0.0406 e. The molecular formula is C21H32N4. The first-order valence-corrected chi connectivity index (χ1v) is 9.01. The third kappa shape index (κ3) is 6.07. The maximum atomic E-state index is 3.55. The zero-order valence-electron chi connectivity index (χ0n) is 16.0. The van der Waals surface area contributed by atoms with E-state index in [0.717, 1.165) is 32.6 Å². The number of rotatable bonds is 10. The Labute approximate surface area is 152 Å². The molecule has 0 aromatic heterocycles. The molecule has 0 unspecified atom stereocenters. The molecule has 2 rings (SSSR count). The lowest BCUT2D eigenvalue weighted by Crippen LogP contribution is -2.23. The van der Waals surface area contributed by atoms with Gasteiger partial charge in [0.05, 0.1) is 0 Å². The summed E-state index contributed by atoms with van der Waals surface area (Å²) < 4.78 is 0. The molecule has 0 amide bonds. The average Bonchev–Trinajstić information content (AvgIpc) is 2.61. The van der Waals surface area contributed by atoms with Crippen LogP contribution in [0.15, 0.2) is 48.5 Å². The van der Waals surface area contributed by atoms with Gasteiger partial charge in [-0.1, -0.05) is 36.4 Å². The van der Waals surface area contributed by atoms with E-state index in [2.05, 4.69) is 97.2 Å². The highest BCUT2D eigenvalue weighted by Crippen LogP contribution is 2.18. The zero-order chi connectivity index (χ0) is 18.1. The highest BCUT2D eigenvalue weighted by Gasteiger charge is 2.04. The van der Waals surface area contributed by atoms with Crippen LogP contribution in [-0.4, -0.2) is 41.3 Å². The highest BCUT2D eigenvalue weighted by molar-refractivity contribution is 5.53. The molecule has 0 aliphatic rings. The predicted molar refractivity (Wildman–Crippen MR) is 110 cm³/mol. The van der Waals surface area contributed by atoms with Gasteiger partial charge >= 0.3 is 0 Å². The van der Waals surface area contributed by atoms with Crippen LogP contribution in [0.4, 0.5) is 11.4 Å². The van der Waals surface area contributed by atoms with Crippen LogP contribution in [0, 0.1) is 0 Å². The molecule has 2 aromatic carbocycles. The van der Waals surface area contributed by atoms with Crippen LogP contribution in [0.1, 0.15) is 17.5 Å². The van der Waals surface area contributed by atoms with Crippen molar-refractivity contribution in [3.63, 3.8) is 0 Å². The maximum absolute atomic E-state index is 3.55. The normalized spacial score (nSPS) is 10.7. The summed E-state index contributed by atoms with van der Waals surface area (Å²) in [5, 5.41) is 7.10. The zero-order valence-corrected chi connectivity index (χ0v) is 16.0. The van der Waals surface area contributed by atoms with Crippen molar-refractivity contribution < 1.29 is 0 Å². The van der Waals surface area contributed by atoms with Crippen molar-refractivity contribution in [2.24, 2.45) is 0 Å². The average molecular weight is 341 g/mol. The van der Waals surface area contributed by atoms with Gasteiger partial charge in [0, 0.05) is 52.7 Å². The van der Waals surface area contributed by atoms with E-state index >= 15 is 0 Å². The van der Waals surface area contributed by atoms with Gasteiger partial charge in [-0.3, -0.25) is 0 Å². The van der Waals surface area contributed by atoms with E-state index in [1.165, 1.54) is 22.5 Å². The number of para-hydroxylation sites is 2. The quantitative estimate of drug-likeness (QED) is 0.651. The second-order valence-electron chi connectivity index (χ2n) is 6.75. The molecular weight excluding hydrogens is 308 g/mol. The lowest BCUT2D eigenvalue weighted by atomic mass is 10.1. The Bertz CT molecular complexity index is 582. The molecule has 0 saturated heterocycles. The standard InChI is InChI=1S/C21H32N4/c1-24(2)20-12-7-5-10-18(20)16-22-14-9-15-23-17-19-11-6-8-13-21(19)25(3)4/h5-8,10-13,22-23H,9,14-17H2,1-4H3. The van der Waals surface area contributed by atoms with Crippen molar-refractivity contribution >= 4 is 11.4 Å². The third-order valence-electron chi connectivity index (χ3n) is 4.28. The van der Waals surface area contributed by atoms with Crippen LogP contribution >= 0.6 is 0 Å². The van der Waals surface area contributed by atoms with Crippen LogP contribution in [0.2, 0.25) is 0 Å². The van der Waals surface area contributed by atoms with Crippen molar-refractivity contribution in [3.8, 4) is 0 Å². The monoisotopic (exact) mass is 340 g/mol. The van der Waals surface area contributed by atoms with Crippen LogP contribution in [0.25, 0.3) is 0 Å². The first-order valence-electron chi connectivity index (χ1n) is 9.01. The van der Waals surface area contributed by atoms with Crippen LogP contribution in [0.3, 0.4) is 0 Å². The van der Waals surface area contributed by atoms with Gasteiger partial charge in [0.2, 0.25) is 0 Å². The Kier molecular flexibility index (Phi) is 7.76. The summed E-state index contributed by atoms with van der Waals surface area (Å²) in [6.07, 6.45) is 1.12. The molecule has 4 heteroatoms. The van der Waals surface area contributed by atoms with Gasteiger partial charge < -0.3 is 20.4 Å². The first-order chi connectivity index (χ1) is 12.1. The van der Waals surface area contributed by atoms with E-state index in [-0.39, 0.29) is 0 Å². The van der Waals surface area contributed by atoms with E-state index in [9.17, 15) is 0 Å². The van der Waals surface area contributed by atoms with Gasteiger partial charge in [-0.05, 0) is 42.8 Å². The minimum atomic E-state index is 0.915. The highest BCUT2D eigenvalue weighted by atomic mass is 15.1. The Balaban J connectivity index is 1.66. The molecule has 0 aliphatic heterocycles. The molecule has 0 saturated carbocycles. The van der Waals surface area contributed by atoms with Crippen molar-refractivity contribution in [1.82, 2.24) is 10.6 Å². The molecule has 0 atom stereocenters. The first kappa shape index (κ1) is 19.3. The van der Waals surface area contributed by atoms with Crippen molar-refractivity contribution in [3.05, 3.63) is 59.7 Å². The summed E-state index contributed by atoms with van der Waals surface area (Å²) in [6.45, 7) is 3.86. The minimum Gasteiger partial charge on any atom is -0.377 e. The molecule has 0 radical (unpaired) electrons. The molecule has 0 aliphatic carbocycles. The third-order valence-corrected chi connectivity index (χ3v) is 4.28. The van der Waals surface area contributed by atoms with Gasteiger partial charge in [-0.25, -0.2) is 0 Å². The topological polar surface area (TPSA) is 30.5 Å². The Morgan fingerprint density at radius 3 is 1.44 bits per heavy atom. The Morgan fingerprint density at radius 2 is 1.04 bits per heavy atom. The molecule has 0 fully saturated rings. The maximum Gasteiger partial charge on any atom is 0.0406 e. The molecule has 25 heavy (non-hydrogen) atoms. The molecule has 2 aromatic rings. The van der Waals surface area contributed by atoms with E-state index in [0.29, 0.717) is 0 Å². The van der Waals surface area contributed by atoms with Crippen molar-refractivity contribution in [1.29, 1.82) is 0 Å². The summed E-state index contributed by atoms with van der Waals surface area (Å²) in [7, 11) is 8.37. The lowest BCUT2D eigenvalue weighted by molar-refractivity contribution is 0.595.